The molecule has 0 saturated carbocycles. The first kappa shape index (κ1) is 17.0. The number of hydrogen-bond donors (Lipinski definition) is 2. The third-order valence-corrected chi connectivity index (χ3v) is 3.62. The Labute approximate surface area is 126 Å². The van der Waals surface area contributed by atoms with Crippen molar-refractivity contribution in [3.8, 4) is 0 Å². The first-order chi connectivity index (χ1) is 9.71. The summed E-state index contributed by atoms with van der Waals surface area (Å²) in [7, 11) is 1.64. The number of carbonyl (C=O) groups excluding carboxylic acids is 1. The monoisotopic (exact) mass is 292 g/mol. The number of nitrogens with one attached hydrogen (secondary N) is 1. The van der Waals surface area contributed by atoms with Gasteiger partial charge in [0, 0.05) is 12.7 Å². The summed E-state index contributed by atoms with van der Waals surface area (Å²) in [6, 6.07) is 5.36. The molecule has 5 heteroatoms. The number of carbonyl (C=O) groups is 2. The van der Waals surface area contributed by atoms with Crippen LogP contribution in [0.4, 0.5) is 10.5 Å². The molecule has 1 unspecified atom stereocenters. The highest BCUT2D eigenvalue weighted by Gasteiger charge is 2.35. The summed E-state index contributed by atoms with van der Waals surface area (Å²) >= 11 is 0. The lowest BCUT2D eigenvalue weighted by atomic mass is 9.96. The van der Waals surface area contributed by atoms with Crippen LogP contribution in [0.2, 0.25) is 0 Å². The number of anilines is 1. The van der Waals surface area contributed by atoms with Crippen LogP contribution in [0.15, 0.2) is 18.2 Å². The third-order valence-electron chi connectivity index (χ3n) is 3.62. The molecule has 1 rings (SSSR count). The molecule has 2 amide bonds. The molecule has 1 aromatic rings. The number of benzene rings is 1. The molecule has 2 N–H and O–H groups in total. The number of urea groups is 1. The largest absolute Gasteiger partial charge is 0.480 e. The van der Waals surface area contributed by atoms with Crippen LogP contribution in [0.25, 0.3) is 0 Å². The van der Waals surface area contributed by atoms with Gasteiger partial charge in [0.2, 0.25) is 0 Å². The maximum Gasteiger partial charge on any atom is 0.329 e. The Balaban J connectivity index is 2.94. The molecule has 0 aromatic heterocycles. The molecule has 0 bridgehead atoms. The van der Waals surface area contributed by atoms with E-state index in [-0.39, 0.29) is 0 Å². The van der Waals surface area contributed by atoms with Gasteiger partial charge in [-0.2, -0.15) is 0 Å². The van der Waals surface area contributed by atoms with Crippen LogP contribution in [-0.4, -0.2) is 29.7 Å². The predicted octanol–water partition coefficient (Wildman–Crippen LogP) is 3.09. The van der Waals surface area contributed by atoms with Crippen LogP contribution in [0.3, 0.4) is 0 Å². The number of amides is 2. The van der Waals surface area contributed by atoms with E-state index in [0.29, 0.717) is 12.8 Å². The molecule has 0 aliphatic rings. The van der Waals surface area contributed by atoms with Crippen molar-refractivity contribution in [3.05, 3.63) is 29.3 Å². The standard InChI is InChI=1S/C16H24N2O3/c1-6-9-16(4,14(19)20)17-15(21)18(5)13-8-7-11(2)10-12(13)3/h7-8,10H,6,9H2,1-5H3,(H,17,21)(H,19,20). The Morgan fingerprint density at radius 1 is 1.33 bits per heavy atom. The van der Waals surface area contributed by atoms with Gasteiger partial charge in [0.05, 0.1) is 0 Å². The molecule has 0 aliphatic carbocycles. The van der Waals surface area contributed by atoms with Crippen molar-refractivity contribution >= 4 is 17.7 Å². The average Bonchev–Trinajstić information content (AvgIpc) is 2.38. The fourth-order valence-electron chi connectivity index (χ4n) is 2.33. The molecular weight excluding hydrogens is 268 g/mol. The number of rotatable bonds is 5. The van der Waals surface area contributed by atoms with E-state index < -0.39 is 17.5 Å². The van der Waals surface area contributed by atoms with E-state index in [1.165, 1.54) is 11.8 Å². The molecule has 21 heavy (non-hydrogen) atoms. The summed E-state index contributed by atoms with van der Waals surface area (Å²) < 4.78 is 0. The predicted molar refractivity (Wildman–Crippen MR) is 83.8 cm³/mol. The molecule has 0 fully saturated rings. The normalized spacial score (nSPS) is 13.4. The van der Waals surface area contributed by atoms with Gasteiger partial charge < -0.3 is 10.4 Å². The van der Waals surface area contributed by atoms with E-state index in [1.54, 1.807) is 7.05 Å². The fourth-order valence-corrected chi connectivity index (χ4v) is 2.33. The highest BCUT2D eigenvalue weighted by Crippen LogP contribution is 2.21. The fraction of sp³-hybridized carbons (Fsp3) is 0.500. The highest BCUT2D eigenvalue weighted by atomic mass is 16.4. The number of hydrogen-bond acceptors (Lipinski definition) is 2. The number of aryl methyl sites for hydroxylation is 2. The molecular formula is C16H24N2O3. The van der Waals surface area contributed by atoms with Gasteiger partial charge in [-0.15, -0.1) is 0 Å². The maximum absolute atomic E-state index is 12.3. The molecule has 1 aromatic carbocycles. The van der Waals surface area contributed by atoms with Gasteiger partial charge in [-0.3, -0.25) is 4.90 Å². The third kappa shape index (κ3) is 3.97. The van der Waals surface area contributed by atoms with E-state index in [1.807, 2.05) is 39.0 Å². The molecule has 1 atom stereocenters. The van der Waals surface area contributed by atoms with Crippen LogP contribution in [0.5, 0.6) is 0 Å². The minimum Gasteiger partial charge on any atom is -0.480 e. The van der Waals surface area contributed by atoms with Gasteiger partial charge in [0.1, 0.15) is 5.54 Å². The Morgan fingerprint density at radius 2 is 1.95 bits per heavy atom. The average molecular weight is 292 g/mol. The summed E-state index contributed by atoms with van der Waals surface area (Å²) in [6.45, 7) is 7.34. The number of carboxylic acids is 1. The molecule has 0 radical (unpaired) electrons. The second-order valence-electron chi connectivity index (χ2n) is 5.67. The van der Waals surface area contributed by atoms with Crippen LogP contribution in [-0.2, 0) is 4.79 Å². The zero-order valence-electron chi connectivity index (χ0n) is 13.4. The number of carboxylic acid groups (broad SMARTS) is 1. The minimum absolute atomic E-state index is 0.384. The van der Waals surface area contributed by atoms with E-state index in [2.05, 4.69) is 5.32 Å². The molecule has 0 heterocycles. The molecule has 5 nitrogen and oxygen atoms in total. The Kier molecular flexibility index (Phi) is 5.35. The lowest BCUT2D eigenvalue weighted by molar-refractivity contribution is -0.144. The van der Waals surface area contributed by atoms with Crippen molar-refractivity contribution in [1.82, 2.24) is 5.32 Å². The SMILES string of the molecule is CCCC(C)(NC(=O)N(C)c1ccc(C)cc1C)C(=O)O. The maximum atomic E-state index is 12.3. The summed E-state index contributed by atoms with van der Waals surface area (Å²) in [5.41, 5.74) is 1.60. The first-order valence-corrected chi connectivity index (χ1v) is 7.07. The second kappa shape index (κ2) is 6.61. The second-order valence-corrected chi connectivity index (χ2v) is 5.67. The quantitative estimate of drug-likeness (QED) is 0.876. The van der Waals surface area contributed by atoms with E-state index in [4.69, 9.17) is 0 Å². The van der Waals surface area contributed by atoms with Crippen molar-refractivity contribution in [1.29, 1.82) is 0 Å². The van der Waals surface area contributed by atoms with Crippen molar-refractivity contribution in [2.75, 3.05) is 11.9 Å². The zero-order valence-corrected chi connectivity index (χ0v) is 13.4. The Morgan fingerprint density at radius 3 is 2.43 bits per heavy atom. The summed E-state index contributed by atoms with van der Waals surface area (Å²) in [4.78, 5) is 25.2. The van der Waals surface area contributed by atoms with E-state index in [9.17, 15) is 14.7 Å². The lowest BCUT2D eigenvalue weighted by Gasteiger charge is -2.29. The molecule has 0 spiro atoms. The minimum atomic E-state index is -1.25. The highest BCUT2D eigenvalue weighted by molar-refractivity contribution is 5.95. The van der Waals surface area contributed by atoms with Crippen LogP contribution in [0, 0.1) is 13.8 Å². The lowest BCUT2D eigenvalue weighted by Crippen LogP contribution is -2.55. The van der Waals surface area contributed by atoms with Crippen molar-refractivity contribution in [2.24, 2.45) is 0 Å². The van der Waals surface area contributed by atoms with Gasteiger partial charge in [-0.25, -0.2) is 9.59 Å². The Hall–Kier alpha value is -2.04. The van der Waals surface area contributed by atoms with Gasteiger partial charge in [0.25, 0.3) is 0 Å². The zero-order chi connectivity index (χ0) is 16.2. The van der Waals surface area contributed by atoms with Crippen molar-refractivity contribution < 1.29 is 14.7 Å². The van der Waals surface area contributed by atoms with Gasteiger partial charge in [-0.1, -0.05) is 31.0 Å². The molecule has 0 saturated heterocycles. The number of nitrogens with zero attached hydrogens (tertiary/aromatic N) is 1. The van der Waals surface area contributed by atoms with E-state index >= 15 is 0 Å². The van der Waals surface area contributed by atoms with Gasteiger partial charge in [-0.05, 0) is 38.8 Å². The topological polar surface area (TPSA) is 69.6 Å². The summed E-state index contributed by atoms with van der Waals surface area (Å²) in [5.74, 6) is -1.02. The summed E-state index contributed by atoms with van der Waals surface area (Å²) in [6.07, 6.45) is 1.06. The van der Waals surface area contributed by atoms with Gasteiger partial charge in [0.15, 0.2) is 0 Å². The Bertz CT molecular complexity index is 542. The molecule has 0 aliphatic heterocycles. The first-order valence-electron chi connectivity index (χ1n) is 7.07. The van der Waals surface area contributed by atoms with E-state index in [0.717, 1.165) is 16.8 Å². The van der Waals surface area contributed by atoms with Crippen molar-refractivity contribution in [2.45, 2.75) is 46.1 Å². The number of aliphatic carboxylic acids is 1. The smallest absolute Gasteiger partial charge is 0.329 e. The van der Waals surface area contributed by atoms with Gasteiger partial charge >= 0.3 is 12.0 Å². The molecule has 116 valence electrons. The summed E-state index contributed by atoms with van der Waals surface area (Å²) in [5, 5.41) is 11.9. The van der Waals surface area contributed by atoms with Crippen molar-refractivity contribution in [3.63, 3.8) is 0 Å². The van der Waals surface area contributed by atoms with Crippen LogP contribution >= 0.6 is 0 Å². The van der Waals surface area contributed by atoms with Crippen LogP contribution in [0.1, 0.15) is 37.8 Å². The van der Waals surface area contributed by atoms with Crippen LogP contribution < -0.4 is 10.2 Å².